The van der Waals surface area contributed by atoms with Gasteiger partial charge in [-0.2, -0.15) is 0 Å². The van der Waals surface area contributed by atoms with Crippen molar-refractivity contribution in [3.63, 3.8) is 0 Å². The number of carboxylic acids is 1. The molecule has 0 atom stereocenters. The molecule has 0 radical (unpaired) electrons. The van der Waals surface area contributed by atoms with Crippen LogP contribution in [0.4, 0.5) is 0 Å². The Balaban J connectivity index is 2.55. The molecule has 0 unspecified atom stereocenters. The lowest BCUT2D eigenvalue weighted by Gasteiger charge is -1.97. The van der Waals surface area contributed by atoms with Gasteiger partial charge in [0.25, 0.3) is 0 Å². The van der Waals surface area contributed by atoms with Crippen LogP contribution in [0.5, 0.6) is 0 Å². The third-order valence-corrected chi connectivity index (χ3v) is 2.49. The van der Waals surface area contributed by atoms with Crippen molar-refractivity contribution in [3.8, 4) is 0 Å². The maximum absolute atomic E-state index is 10.6. The highest BCUT2D eigenvalue weighted by Gasteiger charge is 2.12. The molecule has 1 heterocycles. The predicted molar refractivity (Wildman–Crippen MR) is 49.3 cm³/mol. The molecule has 4 nitrogen and oxygen atoms in total. The van der Waals surface area contributed by atoms with Crippen molar-refractivity contribution in [2.75, 3.05) is 13.7 Å². The summed E-state index contributed by atoms with van der Waals surface area (Å²) in [6.45, 7) is 0.650. The Kier molecular flexibility index (Phi) is 3.85. The largest absolute Gasteiger partial charge is 0.476 e. The van der Waals surface area contributed by atoms with E-state index in [-0.39, 0.29) is 5.69 Å². The summed E-state index contributed by atoms with van der Waals surface area (Å²) in [5.41, 5.74) is 1.74. The summed E-state index contributed by atoms with van der Waals surface area (Å²) in [5, 5.41) is 8.72. The molecule has 1 N–H and O–H groups in total. The molecular weight excluding hydrogens is 190 g/mol. The fourth-order valence-corrected chi connectivity index (χ4v) is 1.80. The number of rotatable bonds is 5. The lowest BCUT2D eigenvalue weighted by Crippen LogP contribution is -2.01. The van der Waals surface area contributed by atoms with Crippen LogP contribution >= 0.6 is 11.3 Å². The topological polar surface area (TPSA) is 59.4 Å². The summed E-state index contributed by atoms with van der Waals surface area (Å²) in [6, 6.07) is 0. The molecule has 0 bridgehead atoms. The van der Waals surface area contributed by atoms with E-state index in [2.05, 4.69) is 4.98 Å². The number of aromatic carboxylic acids is 1. The van der Waals surface area contributed by atoms with E-state index in [0.29, 0.717) is 6.61 Å². The number of methoxy groups -OCH3 is 1. The molecule has 0 aliphatic carbocycles. The third kappa shape index (κ3) is 2.78. The Labute approximate surface area is 80.2 Å². The van der Waals surface area contributed by atoms with Crippen molar-refractivity contribution >= 4 is 17.3 Å². The van der Waals surface area contributed by atoms with Crippen molar-refractivity contribution in [2.45, 2.75) is 12.8 Å². The van der Waals surface area contributed by atoms with Gasteiger partial charge < -0.3 is 9.84 Å². The van der Waals surface area contributed by atoms with Crippen molar-refractivity contribution in [3.05, 3.63) is 16.1 Å². The van der Waals surface area contributed by atoms with Gasteiger partial charge in [0.1, 0.15) is 0 Å². The second-order valence-electron chi connectivity index (χ2n) is 2.53. The maximum Gasteiger partial charge on any atom is 0.355 e. The van der Waals surface area contributed by atoms with E-state index in [1.807, 2.05) is 0 Å². The summed E-state index contributed by atoms with van der Waals surface area (Å²) in [7, 11) is 1.63. The van der Waals surface area contributed by atoms with Gasteiger partial charge in [-0.1, -0.05) is 0 Å². The van der Waals surface area contributed by atoms with Gasteiger partial charge in [-0.05, 0) is 12.8 Å². The lowest BCUT2D eigenvalue weighted by molar-refractivity contribution is 0.0690. The summed E-state index contributed by atoms with van der Waals surface area (Å²) in [6.07, 6.45) is 1.55. The first kappa shape index (κ1) is 10.1. The fraction of sp³-hybridized carbons (Fsp3) is 0.500. The first-order valence-corrected chi connectivity index (χ1v) is 4.78. The number of nitrogens with zero attached hydrogens (tertiary/aromatic N) is 1. The van der Waals surface area contributed by atoms with Crippen LogP contribution in [-0.2, 0) is 11.2 Å². The van der Waals surface area contributed by atoms with E-state index in [9.17, 15) is 4.79 Å². The van der Waals surface area contributed by atoms with E-state index >= 15 is 0 Å². The van der Waals surface area contributed by atoms with Crippen molar-refractivity contribution < 1.29 is 14.6 Å². The van der Waals surface area contributed by atoms with E-state index in [1.54, 1.807) is 12.6 Å². The Morgan fingerprint density at radius 2 is 2.54 bits per heavy atom. The van der Waals surface area contributed by atoms with Crippen LogP contribution in [-0.4, -0.2) is 29.8 Å². The molecule has 13 heavy (non-hydrogen) atoms. The van der Waals surface area contributed by atoms with Crippen LogP contribution in [0.3, 0.4) is 0 Å². The number of aromatic nitrogens is 1. The first-order valence-electron chi connectivity index (χ1n) is 3.90. The second-order valence-corrected chi connectivity index (χ2v) is 3.46. The minimum absolute atomic E-state index is 0.182. The van der Waals surface area contributed by atoms with Crippen LogP contribution in [0.2, 0.25) is 0 Å². The quantitative estimate of drug-likeness (QED) is 0.732. The normalized spacial score (nSPS) is 10.2. The van der Waals surface area contributed by atoms with Crippen LogP contribution in [0, 0.1) is 0 Å². The highest BCUT2D eigenvalue weighted by Crippen LogP contribution is 2.15. The minimum atomic E-state index is -0.950. The van der Waals surface area contributed by atoms with Crippen molar-refractivity contribution in [1.82, 2.24) is 4.98 Å². The zero-order chi connectivity index (χ0) is 9.68. The standard InChI is InChI=1S/C8H11NO3S/c1-12-4-2-3-6-7(8(10)11)9-5-13-6/h5H,2-4H2,1H3,(H,10,11). The smallest absolute Gasteiger partial charge is 0.355 e. The van der Waals surface area contributed by atoms with E-state index in [4.69, 9.17) is 9.84 Å². The molecule has 0 aliphatic heterocycles. The SMILES string of the molecule is COCCCc1scnc1C(=O)O. The van der Waals surface area contributed by atoms with E-state index in [0.717, 1.165) is 17.7 Å². The average molecular weight is 201 g/mol. The Morgan fingerprint density at radius 1 is 1.77 bits per heavy atom. The molecule has 0 saturated heterocycles. The van der Waals surface area contributed by atoms with Crippen LogP contribution in [0.15, 0.2) is 5.51 Å². The summed E-state index contributed by atoms with van der Waals surface area (Å²) >= 11 is 1.38. The molecule has 1 rings (SSSR count). The summed E-state index contributed by atoms with van der Waals surface area (Å²) < 4.78 is 4.88. The van der Waals surface area contributed by atoms with Gasteiger partial charge in [-0.15, -0.1) is 11.3 Å². The third-order valence-electron chi connectivity index (χ3n) is 1.60. The van der Waals surface area contributed by atoms with Gasteiger partial charge in [-0.25, -0.2) is 9.78 Å². The molecule has 0 amide bonds. The second kappa shape index (κ2) is 4.94. The van der Waals surface area contributed by atoms with Gasteiger partial charge in [0.15, 0.2) is 5.69 Å². The highest BCUT2D eigenvalue weighted by molar-refractivity contribution is 7.09. The molecule has 0 saturated carbocycles. The van der Waals surface area contributed by atoms with Crippen molar-refractivity contribution in [2.24, 2.45) is 0 Å². The minimum Gasteiger partial charge on any atom is -0.476 e. The number of thiazole rings is 1. The van der Waals surface area contributed by atoms with Gasteiger partial charge in [-0.3, -0.25) is 0 Å². The predicted octanol–water partition coefficient (Wildman–Crippen LogP) is 1.42. The number of carbonyl (C=O) groups is 1. The van der Waals surface area contributed by atoms with Gasteiger partial charge in [0.2, 0.25) is 0 Å². The molecule has 0 fully saturated rings. The Morgan fingerprint density at radius 3 is 3.15 bits per heavy atom. The number of hydrogen-bond donors (Lipinski definition) is 1. The molecule has 1 aromatic rings. The number of aryl methyl sites for hydroxylation is 1. The zero-order valence-electron chi connectivity index (χ0n) is 7.32. The summed E-state index contributed by atoms with van der Waals surface area (Å²) in [5.74, 6) is -0.950. The fourth-order valence-electron chi connectivity index (χ4n) is 0.999. The van der Waals surface area contributed by atoms with Crippen LogP contribution < -0.4 is 0 Å². The molecule has 0 aliphatic rings. The van der Waals surface area contributed by atoms with Gasteiger partial charge in [0.05, 0.1) is 5.51 Å². The molecular formula is C8H11NO3S. The number of hydrogen-bond acceptors (Lipinski definition) is 4. The molecule has 0 spiro atoms. The molecule has 0 aromatic carbocycles. The lowest BCUT2D eigenvalue weighted by atomic mass is 10.2. The number of carboxylic acid groups (broad SMARTS) is 1. The van der Waals surface area contributed by atoms with Gasteiger partial charge >= 0.3 is 5.97 Å². The van der Waals surface area contributed by atoms with E-state index in [1.165, 1.54) is 11.3 Å². The highest BCUT2D eigenvalue weighted by atomic mass is 32.1. The summed E-state index contributed by atoms with van der Waals surface area (Å²) in [4.78, 5) is 15.2. The van der Waals surface area contributed by atoms with Crippen LogP contribution in [0.1, 0.15) is 21.8 Å². The van der Waals surface area contributed by atoms with Crippen molar-refractivity contribution in [1.29, 1.82) is 0 Å². The zero-order valence-corrected chi connectivity index (χ0v) is 8.13. The Bertz CT molecular complexity index is 285. The van der Waals surface area contributed by atoms with Gasteiger partial charge in [0, 0.05) is 18.6 Å². The van der Waals surface area contributed by atoms with Crippen LogP contribution in [0.25, 0.3) is 0 Å². The van der Waals surface area contributed by atoms with E-state index < -0.39 is 5.97 Å². The maximum atomic E-state index is 10.6. The Hall–Kier alpha value is -0.940. The number of ether oxygens (including phenoxy) is 1. The molecule has 5 heteroatoms. The average Bonchev–Trinajstić information content (AvgIpc) is 2.53. The monoisotopic (exact) mass is 201 g/mol. The molecule has 1 aromatic heterocycles. The molecule has 72 valence electrons. The first-order chi connectivity index (χ1) is 6.25.